The van der Waals surface area contributed by atoms with Crippen LogP contribution in [0.2, 0.25) is 0 Å². The smallest absolute Gasteiger partial charge is 0.0130 e. The van der Waals surface area contributed by atoms with E-state index < -0.39 is 0 Å². The van der Waals surface area contributed by atoms with Gasteiger partial charge in [0.1, 0.15) is 0 Å². The molecule has 0 radical (unpaired) electrons. The van der Waals surface area contributed by atoms with Gasteiger partial charge in [-0.15, -0.1) is 0 Å². The van der Waals surface area contributed by atoms with Crippen LogP contribution < -0.4 is 0 Å². The Balaban J connectivity index is 2.13. The molecule has 0 amide bonds. The lowest BCUT2D eigenvalue weighted by molar-refractivity contribution is 1.50. The number of hydrogen-bond donors (Lipinski definition) is 0. The molecule has 0 spiro atoms. The molecular weight excluding hydrogens is 331 g/mol. The lowest BCUT2D eigenvalue weighted by Gasteiger charge is -2.05. The molecule has 0 aliphatic heterocycles. The van der Waals surface area contributed by atoms with Crippen molar-refractivity contribution in [3.8, 4) is 11.1 Å². The maximum atomic E-state index is 2.33. The monoisotopic (exact) mass is 344 g/mol. The fraction of sp³-hybridized carbons (Fsp3) is 0.0588. The van der Waals surface area contributed by atoms with Crippen LogP contribution in [0.1, 0.15) is 5.56 Å². The first-order chi connectivity index (χ1) is 8.72. The molecule has 0 unspecified atom stereocenters. The zero-order chi connectivity index (χ0) is 12.5. The summed E-state index contributed by atoms with van der Waals surface area (Å²) < 4.78 is 1.27. The van der Waals surface area contributed by atoms with Crippen LogP contribution in [0, 0.1) is 10.5 Å². The minimum Gasteiger partial charge on any atom is -0.0587 e. The average Bonchev–Trinajstić information content (AvgIpc) is 2.39. The molecule has 0 saturated heterocycles. The Hall–Kier alpha value is -1.35. The molecule has 3 aromatic carbocycles. The summed E-state index contributed by atoms with van der Waals surface area (Å²) in [5.41, 5.74) is 3.87. The van der Waals surface area contributed by atoms with Crippen molar-refractivity contribution < 1.29 is 0 Å². The Morgan fingerprint density at radius 2 is 1.28 bits per heavy atom. The van der Waals surface area contributed by atoms with E-state index in [2.05, 4.69) is 90.2 Å². The molecule has 3 rings (SSSR count). The van der Waals surface area contributed by atoms with E-state index in [9.17, 15) is 0 Å². The van der Waals surface area contributed by atoms with Gasteiger partial charge >= 0.3 is 0 Å². The molecule has 3 aromatic rings. The van der Waals surface area contributed by atoms with Crippen LogP contribution in [0.25, 0.3) is 21.9 Å². The van der Waals surface area contributed by atoms with Gasteiger partial charge in [-0.25, -0.2) is 0 Å². The minimum absolute atomic E-state index is 1.27. The molecule has 0 N–H and O–H groups in total. The van der Waals surface area contributed by atoms with Crippen molar-refractivity contribution in [2.45, 2.75) is 6.92 Å². The molecule has 0 fully saturated rings. The second-order valence-electron chi connectivity index (χ2n) is 4.57. The molecule has 0 aliphatic rings. The Bertz CT molecular complexity index is 696. The first-order valence-corrected chi connectivity index (χ1v) is 7.07. The van der Waals surface area contributed by atoms with E-state index in [0.29, 0.717) is 0 Å². The van der Waals surface area contributed by atoms with Gasteiger partial charge in [0.2, 0.25) is 0 Å². The zero-order valence-corrected chi connectivity index (χ0v) is 12.3. The van der Waals surface area contributed by atoms with Crippen LogP contribution in [-0.4, -0.2) is 0 Å². The Kier molecular flexibility index (Phi) is 3.08. The fourth-order valence-electron chi connectivity index (χ4n) is 2.19. The minimum atomic E-state index is 1.27. The second kappa shape index (κ2) is 4.73. The van der Waals surface area contributed by atoms with E-state index in [-0.39, 0.29) is 0 Å². The van der Waals surface area contributed by atoms with Gasteiger partial charge < -0.3 is 0 Å². The van der Waals surface area contributed by atoms with Crippen LogP contribution in [0.3, 0.4) is 0 Å². The van der Waals surface area contributed by atoms with Gasteiger partial charge in [0.15, 0.2) is 0 Å². The van der Waals surface area contributed by atoms with Crippen molar-refractivity contribution in [2.75, 3.05) is 0 Å². The second-order valence-corrected chi connectivity index (χ2v) is 5.82. The third-order valence-corrected chi connectivity index (χ3v) is 3.89. The molecular formula is C17H13I. The maximum Gasteiger partial charge on any atom is 0.0130 e. The molecule has 0 nitrogen and oxygen atoms in total. The van der Waals surface area contributed by atoms with E-state index >= 15 is 0 Å². The van der Waals surface area contributed by atoms with Crippen molar-refractivity contribution >= 4 is 33.4 Å². The molecule has 0 heterocycles. The summed E-state index contributed by atoms with van der Waals surface area (Å²) >= 11 is 2.33. The Labute approximate surface area is 121 Å². The highest BCUT2D eigenvalue weighted by Crippen LogP contribution is 2.25. The summed E-state index contributed by atoms with van der Waals surface area (Å²) in [6.07, 6.45) is 0. The highest BCUT2D eigenvalue weighted by molar-refractivity contribution is 14.1. The normalized spacial score (nSPS) is 10.8. The van der Waals surface area contributed by atoms with Crippen molar-refractivity contribution in [3.63, 3.8) is 0 Å². The standard InChI is InChI=1S/C17H13I/c1-12-2-3-16-11-15(5-4-14(16)10-12)13-6-8-17(18)9-7-13/h2-11H,1H3. The maximum absolute atomic E-state index is 2.33. The first kappa shape index (κ1) is 11.7. The average molecular weight is 344 g/mol. The molecule has 0 atom stereocenters. The van der Waals surface area contributed by atoms with Crippen molar-refractivity contribution in [2.24, 2.45) is 0 Å². The molecule has 1 heteroatoms. The summed E-state index contributed by atoms with van der Waals surface area (Å²) in [7, 11) is 0. The van der Waals surface area contributed by atoms with Gasteiger partial charge in [-0.1, -0.05) is 48.0 Å². The summed E-state index contributed by atoms with van der Waals surface area (Å²) in [5, 5.41) is 2.61. The molecule has 0 saturated carbocycles. The summed E-state index contributed by atoms with van der Waals surface area (Å²) in [5.74, 6) is 0. The molecule has 18 heavy (non-hydrogen) atoms. The van der Waals surface area contributed by atoms with Crippen LogP contribution in [-0.2, 0) is 0 Å². The van der Waals surface area contributed by atoms with Gasteiger partial charge in [-0.3, -0.25) is 0 Å². The summed E-state index contributed by atoms with van der Waals surface area (Å²) in [6, 6.07) is 21.9. The first-order valence-electron chi connectivity index (χ1n) is 5.99. The molecule has 88 valence electrons. The van der Waals surface area contributed by atoms with E-state index in [1.165, 1.54) is 31.0 Å². The fourth-order valence-corrected chi connectivity index (χ4v) is 2.55. The highest BCUT2D eigenvalue weighted by Gasteiger charge is 2.00. The predicted molar refractivity (Wildman–Crippen MR) is 86.8 cm³/mol. The quantitative estimate of drug-likeness (QED) is 0.517. The number of hydrogen-bond acceptors (Lipinski definition) is 0. The molecule has 0 bridgehead atoms. The van der Waals surface area contributed by atoms with E-state index in [4.69, 9.17) is 0 Å². The van der Waals surface area contributed by atoms with Crippen molar-refractivity contribution in [1.29, 1.82) is 0 Å². The van der Waals surface area contributed by atoms with Crippen LogP contribution in [0.15, 0.2) is 60.7 Å². The lowest BCUT2D eigenvalue weighted by atomic mass is 10.0. The van der Waals surface area contributed by atoms with Crippen LogP contribution in [0.5, 0.6) is 0 Å². The zero-order valence-electron chi connectivity index (χ0n) is 10.2. The summed E-state index contributed by atoms with van der Waals surface area (Å²) in [6.45, 7) is 2.13. The van der Waals surface area contributed by atoms with E-state index in [1.54, 1.807) is 0 Å². The molecule has 0 aromatic heterocycles. The largest absolute Gasteiger partial charge is 0.0587 e. The van der Waals surface area contributed by atoms with Gasteiger partial charge in [0, 0.05) is 3.57 Å². The van der Waals surface area contributed by atoms with Gasteiger partial charge in [-0.2, -0.15) is 0 Å². The lowest BCUT2D eigenvalue weighted by Crippen LogP contribution is -1.80. The summed E-state index contributed by atoms with van der Waals surface area (Å²) in [4.78, 5) is 0. The Morgan fingerprint density at radius 1 is 0.667 bits per heavy atom. The van der Waals surface area contributed by atoms with E-state index in [0.717, 1.165) is 0 Å². The third-order valence-electron chi connectivity index (χ3n) is 3.17. The number of fused-ring (bicyclic) bond motifs is 1. The molecule has 0 aliphatic carbocycles. The van der Waals surface area contributed by atoms with E-state index in [1.807, 2.05) is 0 Å². The van der Waals surface area contributed by atoms with Gasteiger partial charge in [0.05, 0.1) is 0 Å². The Morgan fingerprint density at radius 3 is 2.06 bits per heavy atom. The topological polar surface area (TPSA) is 0 Å². The van der Waals surface area contributed by atoms with Gasteiger partial charge in [0.25, 0.3) is 0 Å². The number of rotatable bonds is 1. The highest BCUT2D eigenvalue weighted by atomic mass is 127. The van der Waals surface area contributed by atoms with Crippen molar-refractivity contribution in [3.05, 3.63) is 69.8 Å². The number of benzene rings is 3. The van der Waals surface area contributed by atoms with Gasteiger partial charge in [-0.05, 0) is 69.6 Å². The third kappa shape index (κ3) is 2.27. The van der Waals surface area contributed by atoms with Crippen LogP contribution in [0.4, 0.5) is 0 Å². The van der Waals surface area contributed by atoms with Crippen LogP contribution >= 0.6 is 22.6 Å². The SMILES string of the molecule is Cc1ccc2cc(-c3ccc(I)cc3)ccc2c1. The predicted octanol–water partition coefficient (Wildman–Crippen LogP) is 5.42. The number of halogens is 1. The van der Waals surface area contributed by atoms with Crippen molar-refractivity contribution in [1.82, 2.24) is 0 Å². The number of aryl methyl sites for hydroxylation is 1.